The SMILES string of the molecule is CCOC(=O)CCN(Cc1cccnc1)C(=O)c1ccc(SC(C)C)cc1. The summed E-state index contributed by atoms with van der Waals surface area (Å²) in [6.45, 7) is 7.07. The highest BCUT2D eigenvalue weighted by Crippen LogP contribution is 2.23. The van der Waals surface area contributed by atoms with E-state index < -0.39 is 0 Å². The lowest BCUT2D eigenvalue weighted by Crippen LogP contribution is -2.33. The van der Waals surface area contributed by atoms with E-state index in [4.69, 9.17) is 4.74 Å². The number of carbonyl (C=O) groups is 2. The van der Waals surface area contributed by atoms with Crippen molar-refractivity contribution in [3.05, 3.63) is 59.9 Å². The van der Waals surface area contributed by atoms with Crippen molar-refractivity contribution in [2.75, 3.05) is 13.2 Å². The largest absolute Gasteiger partial charge is 0.466 e. The monoisotopic (exact) mass is 386 g/mol. The van der Waals surface area contributed by atoms with Crippen LogP contribution in [0.4, 0.5) is 0 Å². The van der Waals surface area contributed by atoms with Gasteiger partial charge in [-0.05, 0) is 42.8 Å². The van der Waals surface area contributed by atoms with Crippen molar-refractivity contribution in [1.82, 2.24) is 9.88 Å². The third-order valence-electron chi connectivity index (χ3n) is 3.75. The zero-order valence-corrected chi connectivity index (χ0v) is 16.9. The van der Waals surface area contributed by atoms with Gasteiger partial charge in [0.25, 0.3) is 5.91 Å². The summed E-state index contributed by atoms with van der Waals surface area (Å²) in [7, 11) is 0. The number of pyridine rings is 1. The molecule has 1 aromatic carbocycles. The normalized spacial score (nSPS) is 10.7. The van der Waals surface area contributed by atoms with Gasteiger partial charge in [-0.25, -0.2) is 0 Å². The van der Waals surface area contributed by atoms with Crippen molar-refractivity contribution in [2.45, 2.75) is 43.9 Å². The summed E-state index contributed by atoms with van der Waals surface area (Å²) in [6.07, 6.45) is 3.59. The van der Waals surface area contributed by atoms with E-state index in [0.29, 0.717) is 30.5 Å². The molecule has 0 spiro atoms. The number of esters is 1. The Bertz CT molecular complexity index is 733. The van der Waals surface area contributed by atoms with Crippen LogP contribution < -0.4 is 0 Å². The first-order chi connectivity index (χ1) is 13.0. The fourth-order valence-corrected chi connectivity index (χ4v) is 3.39. The number of hydrogen-bond donors (Lipinski definition) is 0. The molecular weight excluding hydrogens is 360 g/mol. The molecule has 0 saturated carbocycles. The lowest BCUT2D eigenvalue weighted by atomic mass is 10.1. The molecule has 0 bridgehead atoms. The average molecular weight is 387 g/mol. The van der Waals surface area contributed by atoms with Gasteiger partial charge in [-0.1, -0.05) is 19.9 Å². The molecule has 0 unspecified atom stereocenters. The van der Waals surface area contributed by atoms with Gasteiger partial charge in [0, 0.05) is 41.2 Å². The van der Waals surface area contributed by atoms with Gasteiger partial charge in [-0.15, -0.1) is 11.8 Å². The van der Waals surface area contributed by atoms with Crippen molar-refractivity contribution in [3.8, 4) is 0 Å². The number of nitrogens with zero attached hydrogens (tertiary/aromatic N) is 2. The summed E-state index contributed by atoms with van der Waals surface area (Å²) >= 11 is 1.76. The number of benzene rings is 1. The fraction of sp³-hybridized carbons (Fsp3) is 0.381. The van der Waals surface area contributed by atoms with Crippen LogP contribution in [0.2, 0.25) is 0 Å². The highest BCUT2D eigenvalue weighted by atomic mass is 32.2. The van der Waals surface area contributed by atoms with Crippen molar-refractivity contribution < 1.29 is 14.3 Å². The minimum atomic E-state index is -0.301. The van der Waals surface area contributed by atoms with Crippen LogP contribution in [-0.2, 0) is 16.1 Å². The van der Waals surface area contributed by atoms with Crippen LogP contribution in [0.3, 0.4) is 0 Å². The van der Waals surface area contributed by atoms with E-state index in [0.717, 1.165) is 10.5 Å². The van der Waals surface area contributed by atoms with Gasteiger partial charge in [-0.3, -0.25) is 14.6 Å². The molecule has 6 heteroatoms. The molecule has 0 atom stereocenters. The molecular formula is C21H26N2O3S. The van der Waals surface area contributed by atoms with E-state index in [2.05, 4.69) is 18.8 Å². The summed E-state index contributed by atoms with van der Waals surface area (Å²) in [5.74, 6) is -0.408. The van der Waals surface area contributed by atoms with Gasteiger partial charge in [0.2, 0.25) is 0 Å². The molecule has 2 aromatic rings. The second kappa shape index (κ2) is 10.7. The van der Waals surface area contributed by atoms with Crippen molar-refractivity contribution >= 4 is 23.6 Å². The standard InChI is InChI=1S/C21H26N2O3S/c1-4-26-20(24)11-13-23(15-17-6-5-12-22-14-17)21(25)18-7-9-19(10-8-18)27-16(2)3/h5-10,12,14,16H,4,11,13,15H2,1-3H3. The van der Waals surface area contributed by atoms with E-state index in [1.165, 1.54) is 0 Å². The Morgan fingerprint density at radius 3 is 2.52 bits per heavy atom. The molecule has 1 heterocycles. The van der Waals surface area contributed by atoms with E-state index in [1.54, 1.807) is 36.0 Å². The van der Waals surface area contributed by atoms with Gasteiger partial charge in [0.05, 0.1) is 13.0 Å². The van der Waals surface area contributed by atoms with Crippen molar-refractivity contribution in [2.24, 2.45) is 0 Å². The zero-order chi connectivity index (χ0) is 19.6. The van der Waals surface area contributed by atoms with Crippen LogP contribution in [0.15, 0.2) is 53.7 Å². The predicted octanol–water partition coefficient (Wildman–Crippen LogP) is 4.18. The summed E-state index contributed by atoms with van der Waals surface area (Å²) in [4.78, 5) is 31.6. The number of ether oxygens (including phenoxy) is 1. The van der Waals surface area contributed by atoms with E-state index in [9.17, 15) is 9.59 Å². The molecule has 0 fully saturated rings. The molecule has 0 saturated heterocycles. The van der Waals surface area contributed by atoms with Crippen LogP contribution in [0.25, 0.3) is 0 Å². The lowest BCUT2D eigenvalue weighted by molar-refractivity contribution is -0.143. The first kappa shape index (κ1) is 21.0. The Hall–Kier alpha value is -2.34. The number of thioether (sulfide) groups is 1. The lowest BCUT2D eigenvalue weighted by Gasteiger charge is -2.22. The fourth-order valence-electron chi connectivity index (χ4n) is 2.55. The third kappa shape index (κ3) is 7.06. The Kier molecular flexibility index (Phi) is 8.33. The van der Waals surface area contributed by atoms with Crippen LogP contribution in [-0.4, -0.2) is 40.2 Å². The molecule has 0 aliphatic heterocycles. The highest BCUT2D eigenvalue weighted by Gasteiger charge is 2.18. The predicted molar refractivity (Wildman–Crippen MR) is 108 cm³/mol. The van der Waals surface area contributed by atoms with Crippen LogP contribution in [0.5, 0.6) is 0 Å². The van der Waals surface area contributed by atoms with Gasteiger partial charge in [0.1, 0.15) is 0 Å². The second-order valence-electron chi connectivity index (χ2n) is 6.33. The van der Waals surface area contributed by atoms with Gasteiger partial charge >= 0.3 is 5.97 Å². The van der Waals surface area contributed by atoms with Gasteiger partial charge in [-0.2, -0.15) is 0 Å². The molecule has 0 radical (unpaired) electrons. The summed E-state index contributed by atoms with van der Waals surface area (Å²) in [5.41, 5.74) is 1.53. The van der Waals surface area contributed by atoms with Gasteiger partial charge < -0.3 is 9.64 Å². The summed E-state index contributed by atoms with van der Waals surface area (Å²) in [6, 6.07) is 11.4. The molecule has 1 amide bonds. The number of carbonyl (C=O) groups excluding carboxylic acids is 2. The molecule has 0 N–H and O–H groups in total. The van der Waals surface area contributed by atoms with Gasteiger partial charge in [0.15, 0.2) is 0 Å². The molecule has 2 rings (SSSR count). The Morgan fingerprint density at radius 1 is 1.19 bits per heavy atom. The van der Waals surface area contributed by atoms with E-state index in [-0.39, 0.29) is 18.3 Å². The molecule has 0 aliphatic rings. The highest BCUT2D eigenvalue weighted by molar-refractivity contribution is 7.99. The molecule has 1 aromatic heterocycles. The third-order valence-corrected chi connectivity index (χ3v) is 4.76. The molecule has 5 nitrogen and oxygen atoms in total. The Labute approximate surface area is 165 Å². The smallest absolute Gasteiger partial charge is 0.307 e. The van der Waals surface area contributed by atoms with Crippen LogP contribution >= 0.6 is 11.8 Å². The van der Waals surface area contributed by atoms with Crippen LogP contribution in [0, 0.1) is 0 Å². The topological polar surface area (TPSA) is 59.5 Å². The molecule has 27 heavy (non-hydrogen) atoms. The number of amides is 1. The minimum absolute atomic E-state index is 0.107. The maximum atomic E-state index is 13.0. The second-order valence-corrected chi connectivity index (χ2v) is 7.98. The van der Waals surface area contributed by atoms with Crippen molar-refractivity contribution in [3.63, 3.8) is 0 Å². The number of aromatic nitrogens is 1. The Balaban J connectivity index is 2.12. The van der Waals surface area contributed by atoms with Crippen molar-refractivity contribution in [1.29, 1.82) is 0 Å². The zero-order valence-electron chi connectivity index (χ0n) is 16.1. The maximum absolute atomic E-state index is 13.0. The minimum Gasteiger partial charge on any atom is -0.466 e. The molecule has 0 aliphatic carbocycles. The Morgan fingerprint density at radius 2 is 1.93 bits per heavy atom. The maximum Gasteiger partial charge on any atom is 0.307 e. The van der Waals surface area contributed by atoms with Crippen LogP contribution in [0.1, 0.15) is 43.1 Å². The average Bonchev–Trinajstić information content (AvgIpc) is 2.66. The summed E-state index contributed by atoms with van der Waals surface area (Å²) in [5, 5.41) is 0.484. The first-order valence-corrected chi connectivity index (χ1v) is 9.98. The van der Waals surface area contributed by atoms with E-state index >= 15 is 0 Å². The number of hydrogen-bond acceptors (Lipinski definition) is 5. The summed E-state index contributed by atoms with van der Waals surface area (Å²) < 4.78 is 4.99. The molecule has 144 valence electrons. The van der Waals surface area contributed by atoms with E-state index in [1.807, 2.05) is 36.4 Å². The first-order valence-electron chi connectivity index (χ1n) is 9.10. The number of rotatable bonds is 9. The quantitative estimate of drug-likeness (QED) is 0.478.